The van der Waals surface area contributed by atoms with E-state index in [4.69, 9.17) is 4.74 Å². The summed E-state index contributed by atoms with van der Waals surface area (Å²) in [5.74, 6) is -0.321. The summed E-state index contributed by atoms with van der Waals surface area (Å²) in [6.07, 6.45) is 7.56. The zero-order valence-electron chi connectivity index (χ0n) is 19.2. The minimum absolute atomic E-state index is 0.107. The number of imide groups is 1. The van der Waals surface area contributed by atoms with E-state index in [1.807, 2.05) is 26.2 Å². The van der Waals surface area contributed by atoms with Crippen molar-refractivity contribution >= 4 is 35.3 Å². The van der Waals surface area contributed by atoms with E-state index in [1.165, 1.54) is 4.90 Å². The number of hydrogen-bond donors (Lipinski definition) is 0. The molecule has 7 atom stereocenters. The Balaban J connectivity index is 1.31. The summed E-state index contributed by atoms with van der Waals surface area (Å²) in [5.41, 5.74) is 2.55. The van der Waals surface area contributed by atoms with Gasteiger partial charge in [-0.15, -0.1) is 0 Å². The number of rotatable bonds is 8. The number of thioether (sulfide) groups is 1. The minimum Gasteiger partial charge on any atom is -0.456 e. The Labute approximate surface area is 198 Å². The molecule has 1 saturated heterocycles. The first-order chi connectivity index (χ1) is 15.8. The van der Waals surface area contributed by atoms with Crippen LogP contribution >= 0.6 is 11.8 Å². The fourth-order valence-electron chi connectivity index (χ4n) is 6.10. The van der Waals surface area contributed by atoms with Crippen molar-refractivity contribution in [2.45, 2.75) is 32.7 Å². The van der Waals surface area contributed by atoms with Crippen molar-refractivity contribution in [2.24, 2.45) is 35.5 Å². The Morgan fingerprint density at radius 3 is 2.27 bits per heavy atom. The molecule has 0 aromatic heterocycles. The largest absolute Gasteiger partial charge is 0.456 e. The molecule has 1 heterocycles. The Morgan fingerprint density at radius 2 is 1.70 bits per heavy atom. The molecule has 5 aliphatic rings. The van der Waals surface area contributed by atoms with Crippen LogP contribution in [0.3, 0.4) is 0 Å². The maximum atomic E-state index is 13.4. The highest BCUT2D eigenvalue weighted by atomic mass is 32.2. The number of carbonyl (C=O) groups is 4. The SMILES string of the molecule is CSCC[C@H](C(=O)OCC(=O)c1ccc(C)c(C)c1)N1C(=O)[C@@H]2[C@@H]3C=C[C@H]([C@H]4C[C@H]34)[C@@H]2C1=O. The normalized spacial score (nSPS) is 31.9. The van der Waals surface area contributed by atoms with E-state index in [2.05, 4.69) is 12.2 Å². The van der Waals surface area contributed by atoms with Crippen LogP contribution in [0.2, 0.25) is 0 Å². The summed E-state index contributed by atoms with van der Waals surface area (Å²) in [4.78, 5) is 53.7. The first-order valence-electron chi connectivity index (χ1n) is 11.6. The number of Topliss-reactive ketones (excluding diaryl/α,β-unsaturated/α-hetero) is 1. The van der Waals surface area contributed by atoms with E-state index in [0.717, 1.165) is 17.5 Å². The van der Waals surface area contributed by atoms with Gasteiger partial charge in [0.15, 0.2) is 12.4 Å². The van der Waals surface area contributed by atoms with Crippen molar-refractivity contribution in [3.63, 3.8) is 0 Å². The number of hydrogen-bond acceptors (Lipinski definition) is 6. The van der Waals surface area contributed by atoms with Crippen LogP contribution in [0.4, 0.5) is 0 Å². The molecule has 0 unspecified atom stereocenters. The molecule has 7 heteroatoms. The van der Waals surface area contributed by atoms with Gasteiger partial charge in [0.1, 0.15) is 6.04 Å². The lowest BCUT2D eigenvalue weighted by molar-refractivity contribution is -0.158. The summed E-state index contributed by atoms with van der Waals surface area (Å²) in [6, 6.07) is 4.38. The van der Waals surface area contributed by atoms with Crippen LogP contribution in [-0.4, -0.2) is 53.1 Å². The fourth-order valence-corrected chi connectivity index (χ4v) is 6.56. The highest BCUT2D eigenvalue weighted by molar-refractivity contribution is 7.98. The molecular weight excluding hydrogens is 438 g/mol. The van der Waals surface area contributed by atoms with Crippen molar-refractivity contribution in [1.29, 1.82) is 0 Å². The average molecular weight is 468 g/mol. The molecule has 0 radical (unpaired) electrons. The van der Waals surface area contributed by atoms with Crippen LogP contribution in [-0.2, 0) is 19.1 Å². The highest BCUT2D eigenvalue weighted by Crippen LogP contribution is 2.65. The van der Waals surface area contributed by atoms with Gasteiger partial charge in [-0.05, 0) is 79.6 Å². The Morgan fingerprint density at radius 1 is 1.06 bits per heavy atom. The number of ketones is 1. The van der Waals surface area contributed by atoms with Gasteiger partial charge in [0.05, 0.1) is 11.8 Å². The molecule has 6 rings (SSSR count). The summed E-state index contributed by atoms with van der Waals surface area (Å²) < 4.78 is 5.39. The standard InChI is InChI=1S/C26H29NO5S/c1-13-4-5-15(10-14(13)2)21(28)12-32-26(31)20(8-9-33-3)27-24(29)22-16-6-7-17(19-11-18(16)19)23(22)25(27)30/h4-7,10,16-20,22-23H,8-9,11-12H2,1-3H3/t16-,17-,18-,19-,20-,22-,23+/m1/s1. The molecule has 1 aromatic carbocycles. The van der Waals surface area contributed by atoms with Gasteiger partial charge in [-0.25, -0.2) is 4.79 Å². The van der Waals surface area contributed by atoms with Crippen LogP contribution in [0.5, 0.6) is 0 Å². The summed E-state index contributed by atoms with van der Waals surface area (Å²) >= 11 is 1.54. The smallest absolute Gasteiger partial charge is 0.329 e. The second-order valence-corrected chi connectivity index (χ2v) is 10.8. The summed E-state index contributed by atoms with van der Waals surface area (Å²) in [5, 5.41) is 0. The second kappa shape index (κ2) is 8.42. The molecular formula is C26H29NO5S. The van der Waals surface area contributed by atoms with Gasteiger partial charge < -0.3 is 4.74 Å². The predicted molar refractivity (Wildman–Crippen MR) is 125 cm³/mol. The van der Waals surface area contributed by atoms with Crippen molar-refractivity contribution in [3.05, 3.63) is 47.0 Å². The van der Waals surface area contributed by atoms with Gasteiger partial charge in [-0.3, -0.25) is 19.3 Å². The molecule has 3 fully saturated rings. The van der Waals surface area contributed by atoms with Crippen LogP contribution < -0.4 is 0 Å². The Bertz CT molecular complexity index is 1030. The van der Waals surface area contributed by atoms with Crippen molar-refractivity contribution in [3.8, 4) is 0 Å². The molecule has 6 nitrogen and oxygen atoms in total. The topological polar surface area (TPSA) is 80.8 Å². The lowest BCUT2D eigenvalue weighted by atomic mass is 9.63. The maximum absolute atomic E-state index is 13.4. The zero-order valence-corrected chi connectivity index (χ0v) is 20.0. The number of aryl methyl sites for hydroxylation is 2. The average Bonchev–Trinajstić information content (AvgIpc) is 3.59. The molecule has 0 spiro atoms. The number of amides is 2. The van der Waals surface area contributed by atoms with Gasteiger partial charge in [0.25, 0.3) is 0 Å². The van der Waals surface area contributed by atoms with E-state index < -0.39 is 18.6 Å². The lowest BCUT2D eigenvalue weighted by Gasteiger charge is -2.37. The molecule has 1 aliphatic heterocycles. The van der Waals surface area contributed by atoms with Crippen LogP contribution in [0.25, 0.3) is 0 Å². The fraction of sp³-hybridized carbons (Fsp3) is 0.538. The maximum Gasteiger partial charge on any atom is 0.329 e. The second-order valence-electron chi connectivity index (χ2n) is 9.83. The van der Waals surface area contributed by atoms with E-state index in [1.54, 1.807) is 23.9 Å². The number of benzene rings is 1. The molecule has 2 amide bonds. The number of carbonyl (C=O) groups excluding carboxylic acids is 4. The summed E-state index contributed by atoms with van der Waals surface area (Å²) in [7, 11) is 0. The van der Waals surface area contributed by atoms with Gasteiger partial charge in [0.2, 0.25) is 11.8 Å². The molecule has 174 valence electrons. The molecule has 2 bridgehead atoms. The quantitative estimate of drug-likeness (QED) is 0.253. The molecule has 1 aromatic rings. The third kappa shape index (κ3) is 3.65. The van der Waals surface area contributed by atoms with Gasteiger partial charge in [-0.1, -0.05) is 24.3 Å². The van der Waals surface area contributed by atoms with Crippen LogP contribution in [0.15, 0.2) is 30.4 Å². The lowest BCUT2D eigenvalue weighted by Crippen LogP contribution is -2.47. The molecule has 0 N–H and O–H groups in total. The number of nitrogens with zero attached hydrogens (tertiary/aromatic N) is 1. The van der Waals surface area contributed by atoms with E-state index in [9.17, 15) is 19.2 Å². The number of esters is 1. The monoisotopic (exact) mass is 467 g/mol. The Hall–Kier alpha value is -2.41. The first kappa shape index (κ1) is 22.4. The Kier molecular flexibility index (Phi) is 5.71. The first-order valence-corrected chi connectivity index (χ1v) is 13.0. The van der Waals surface area contributed by atoms with E-state index in [0.29, 0.717) is 29.6 Å². The van der Waals surface area contributed by atoms with Crippen LogP contribution in [0.1, 0.15) is 34.3 Å². The van der Waals surface area contributed by atoms with E-state index in [-0.39, 0.29) is 41.3 Å². The summed E-state index contributed by atoms with van der Waals surface area (Å²) in [6.45, 7) is 3.48. The van der Waals surface area contributed by atoms with E-state index >= 15 is 0 Å². The third-order valence-electron chi connectivity index (χ3n) is 8.05. The minimum atomic E-state index is -0.980. The zero-order chi connectivity index (χ0) is 23.4. The predicted octanol–water partition coefficient (Wildman–Crippen LogP) is 3.20. The highest BCUT2D eigenvalue weighted by Gasteiger charge is 2.68. The van der Waals surface area contributed by atoms with Crippen molar-refractivity contribution in [1.82, 2.24) is 4.90 Å². The van der Waals surface area contributed by atoms with Crippen LogP contribution in [0, 0.1) is 49.4 Å². The van der Waals surface area contributed by atoms with Crippen molar-refractivity contribution in [2.75, 3.05) is 18.6 Å². The van der Waals surface area contributed by atoms with Gasteiger partial charge >= 0.3 is 5.97 Å². The molecule has 4 aliphatic carbocycles. The molecule has 33 heavy (non-hydrogen) atoms. The van der Waals surface area contributed by atoms with Gasteiger partial charge in [-0.2, -0.15) is 11.8 Å². The van der Waals surface area contributed by atoms with Crippen molar-refractivity contribution < 1.29 is 23.9 Å². The number of likely N-dealkylation sites (tertiary alicyclic amines) is 1. The molecule has 2 saturated carbocycles. The third-order valence-corrected chi connectivity index (χ3v) is 8.69. The van der Waals surface area contributed by atoms with Gasteiger partial charge in [0, 0.05) is 5.56 Å². The number of ether oxygens (including phenoxy) is 1. The number of allylic oxidation sites excluding steroid dienone is 2.